The number of benzene rings is 8. The summed E-state index contributed by atoms with van der Waals surface area (Å²) < 4.78 is 50.5. The Morgan fingerprint density at radius 3 is 1.00 bits per heavy atom. The van der Waals surface area contributed by atoms with Gasteiger partial charge >= 0.3 is 0 Å². The minimum atomic E-state index is 0.425. The monoisotopic (exact) mass is 1050 g/mol. The standard InChI is InChI=1S/C52H46I2O8/c53-49-29-37-7-3-11-43-41-9-1-5-35-13-15-39(31-45(35)41)59-25-21-55-17-18-56-22-26-60-40-16-14-36-6-2-10-42(46(36)32-40)44-12-4-8-38-30-50(54)52(34-48(38)44)62-28-24-58-20-19-57-23-27-61-51(49)33-47(37)43/h1-16,29-34H,17-28H2. The molecule has 8 nitrogen and oxygen atoms in total. The van der Waals surface area contributed by atoms with Gasteiger partial charge in [-0.15, -0.1) is 0 Å². The van der Waals surface area contributed by atoms with Gasteiger partial charge < -0.3 is 37.9 Å². The molecule has 0 radical (unpaired) electrons. The fourth-order valence-corrected chi connectivity index (χ4v) is 9.19. The summed E-state index contributed by atoms with van der Waals surface area (Å²) in [6.07, 6.45) is 0. The zero-order chi connectivity index (χ0) is 42.1. The van der Waals surface area contributed by atoms with Crippen LogP contribution in [0, 0.1) is 7.14 Å². The predicted octanol–water partition coefficient (Wildman–Crippen LogP) is 12.1. The smallest absolute Gasteiger partial charge is 0.133 e. The molecule has 0 aliphatic carbocycles. The summed E-state index contributed by atoms with van der Waals surface area (Å²) in [5, 5.41) is 9.05. The van der Waals surface area contributed by atoms with Gasteiger partial charge in [-0.25, -0.2) is 0 Å². The van der Waals surface area contributed by atoms with Crippen molar-refractivity contribution in [3.8, 4) is 45.3 Å². The molecule has 9 rings (SSSR count). The Morgan fingerprint density at radius 1 is 0.290 bits per heavy atom. The van der Waals surface area contributed by atoms with E-state index in [4.69, 9.17) is 37.9 Å². The molecule has 8 bridgehead atoms. The van der Waals surface area contributed by atoms with E-state index < -0.39 is 0 Å². The van der Waals surface area contributed by atoms with Crippen LogP contribution in [-0.4, -0.2) is 79.3 Å². The van der Waals surface area contributed by atoms with E-state index in [2.05, 4.69) is 167 Å². The van der Waals surface area contributed by atoms with E-state index in [1.165, 1.54) is 0 Å². The molecule has 0 spiro atoms. The molecule has 0 fully saturated rings. The Kier molecular flexibility index (Phi) is 14.2. The van der Waals surface area contributed by atoms with Gasteiger partial charge in [0.15, 0.2) is 0 Å². The second kappa shape index (κ2) is 20.7. The van der Waals surface area contributed by atoms with E-state index in [9.17, 15) is 0 Å². The Balaban J connectivity index is 0.910. The number of ether oxygens (including phenoxy) is 8. The van der Waals surface area contributed by atoms with Crippen molar-refractivity contribution in [1.82, 2.24) is 0 Å². The average Bonchev–Trinajstić information content (AvgIpc) is 3.29. The fourth-order valence-electron chi connectivity index (χ4n) is 7.90. The van der Waals surface area contributed by atoms with Crippen molar-refractivity contribution < 1.29 is 37.9 Å². The number of rotatable bonds is 0. The summed E-state index contributed by atoms with van der Waals surface area (Å²) in [6, 6.07) is 46.8. The average molecular weight is 1050 g/mol. The van der Waals surface area contributed by atoms with Crippen LogP contribution in [0.3, 0.4) is 0 Å². The van der Waals surface area contributed by atoms with E-state index in [1.54, 1.807) is 0 Å². The van der Waals surface area contributed by atoms with Crippen molar-refractivity contribution >= 4 is 88.3 Å². The molecule has 0 aromatic heterocycles. The highest BCUT2D eigenvalue weighted by Gasteiger charge is 2.14. The van der Waals surface area contributed by atoms with Crippen LogP contribution in [0.5, 0.6) is 23.0 Å². The highest BCUT2D eigenvalue weighted by molar-refractivity contribution is 14.1. The first-order chi connectivity index (χ1) is 30.6. The maximum atomic E-state index is 6.29. The lowest BCUT2D eigenvalue weighted by Gasteiger charge is -2.15. The molecular weight excluding hydrogens is 1010 g/mol. The molecule has 0 atom stereocenters. The lowest BCUT2D eigenvalue weighted by molar-refractivity contribution is 0.0272. The third-order valence-corrected chi connectivity index (χ3v) is 12.5. The highest BCUT2D eigenvalue weighted by atomic mass is 127. The van der Waals surface area contributed by atoms with E-state index in [0.29, 0.717) is 79.3 Å². The molecule has 10 heteroatoms. The number of fused-ring (bicyclic) bond motifs is 6. The summed E-state index contributed by atoms with van der Waals surface area (Å²) in [7, 11) is 0. The number of hydrogen-bond donors (Lipinski definition) is 0. The molecule has 8 aromatic carbocycles. The first kappa shape index (κ1) is 42.6. The van der Waals surface area contributed by atoms with Crippen LogP contribution < -0.4 is 18.9 Å². The number of halogens is 2. The first-order valence-corrected chi connectivity index (χ1v) is 23.1. The Hall–Kier alpha value is -4.70. The van der Waals surface area contributed by atoms with Gasteiger partial charge in [0.05, 0.1) is 60.0 Å². The lowest BCUT2D eigenvalue weighted by atomic mass is 9.94. The summed E-state index contributed by atoms with van der Waals surface area (Å²) in [5.74, 6) is 3.25. The maximum Gasteiger partial charge on any atom is 0.133 e. The van der Waals surface area contributed by atoms with Gasteiger partial charge in [-0.2, -0.15) is 0 Å². The van der Waals surface area contributed by atoms with Crippen molar-refractivity contribution in [2.75, 3.05) is 79.3 Å². The van der Waals surface area contributed by atoms with Gasteiger partial charge in [0.1, 0.15) is 49.4 Å². The van der Waals surface area contributed by atoms with Crippen LogP contribution in [0.15, 0.2) is 133 Å². The molecule has 1 aliphatic heterocycles. The Labute approximate surface area is 388 Å². The Morgan fingerprint density at radius 2 is 0.613 bits per heavy atom. The van der Waals surface area contributed by atoms with Crippen molar-refractivity contribution in [3.63, 3.8) is 0 Å². The third kappa shape index (κ3) is 10.1. The molecule has 8 aromatic rings. The van der Waals surface area contributed by atoms with Crippen LogP contribution in [-0.2, 0) is 18.9 Å². The normalized spacial score (nSPS) is 15.4. The molecule has 0 N–H and O–H groups in total. The van der Waals surface area contributed by atoms with Crippen molar-refractivity contribution in [1.29, 1.82) is 0 Å². The predicted molar refractivity (Wildman–Crippen MR) is 264 cm³/mol. The van der Waals surface area contributed by atoms with Crippen LogP contribution in [0.4, 0.5) is 0 Å². The molecular formula is C52H46I2O8. The van der Waals surface area contributed by atoms with Crippen molar-refractivity contribution in [2.45, 2.75) is 0 Å². The molecule has 0 unspecified atom stereocenters. The largest absolute Gasteiger partial charge is 0.491 e. The second-order valence-corrected chi connectivity index (χ2v) is 17.2. The summed E-state index contributed by atoms with van der Waals surface area (Å²) >= 11 is 4.70. The Bertz CT molecular complexity index is 2630. The minimum absolute atomic E-state index is 0.425. The van der Waals surface area contributed by atoms with Crippen LogP contribution in [0.25, 0.3) is 65.3 Å². The van der Waals surface area contributed by atoms with E-state index >= 15 is 0 Å². The van der Waals surface area contributed by atoms with Gasteiger partial charge in [-0.05, 0) is 159 Å². The first-order valence-electron chi connectivity index (χ1n) is 20.9. The zero-order valence-electron chi connectivity index (χ0n) is 34.2. The fraction of sp³-hybridized carbons (Fsp3) is 0.231. The summed E-state index contributed by atoms with van der Waals surface area (Å²) in [6.45, 7) is 5.36. The summed E-state index contributed by atoms with van der Waals surface area (Å²) in [5.41, 5.74) is 4.53. The van der Waals surface area contributed by atoms with E-state index in [0.717, 1.165) is 95.5 Å². The molecule has 1 aliphatic rings. The molecule has 316 valence electrons. The molecule has 1 heterocycles. The van der Waals surface area contributed by atoms with E-state index in [1.807, 2.05) is 12.1 Å². The van der Waals surface area contributed by atoms with Crippen molar-refractivity contribution in [3.05, 3.63) is 141 Å². The molecule has 0 saturated carbocycles. The highest BCUT2D eigenvalue weighted by Crippen LogP contribution is 2.40. The van der Waals surface area contributed by atoms with E-state index in [-0.39, 0.29) is 0 Å². The summed E-state index contributed by atoms with van der Waals surface area (Å²) in [4.78, 5) is 0. The van der Waals surface area contributed by atoms with Gasteiger partial charge in [-0.3, -0.25) is 0 Å². The van der Waals surface area contributed by atoms with Crippen LogP contribution in [0.1, 0.15) is 0 Å². The van der Waals surface area contributed by atoms with Gasteiger partial charge in [-0.1, -0.05) is 84.9 Å². The number of hydrogen-bond acceptors (Lipinski definition) is 8. The lowest BCUT2D eigenvalue weighted by Crippen LogP contribution is -2.14. The van der Waals surface area contributed by atoms with Crippen LogP contribution in [0.2, 0.25) is 0 Å². The maximum absolute atomic E-state index is 6.29. The molecule has 0 saturated heterocycles. The quantitative estimate of drug-likeness (QED) is 0.139. The SMILES string of the molecule is Ic1cc2cccc3c2cc1OCCOCCOCCOc1cc2c(cccc2cc1I)-c1cccc2ccc(cc12)OCCOCCOCCOc1ccc2cccc-3c2c1. The third-order valence-electron chi connectivity index (χ3n) is 10.9. The molecule has 0 amide bonds. The topological polar surface area (TPSA) is 73.8 Å². The second-order valence-electron chi connectivity index (χ2n) is 14.8. The minimum Gasteiger partial charge on any atom is -0.491 e. The zero-order valence-corrected chi connectivity index (χ0v) is 38.5. The van der Waals surface area contributed by atoms with Crippen LogP contribution >= 0.6 is 45.2 Å². The van der Waals surface area contributed by atoms with Gasteiger partial charge in [0.2, 0.25) is 0 Å². The van der Waals surface area contributed by atoms with Gasteiger partial charge in [0.25, 0.3) is 0 Å². The van der Waals surface area contributed by atoms with Crippen molar-refractivity contribution in [2.24, 2.45) is 0 Å². The molecule has 62 heavy (non-hydrogen) atoms. The van der Waals surface area contributed by atoms with Gasteiger partial charge in [0, 0.05) is 0 Å².